The van der Waals surface area contributed by atoms with Gasteiger partial charge in [-0.15, -0.1) is 10.2 Å². The number of benzene rings is 3. The van der Waals surface area contributed by atoms with Crippen LogP contribution in [0.3, 0.4) is 0 Å². The van der Waals surface area contributed by atoms with E-state index in [9.17, 15) is 4.79 Å². The monoisotopic (exact) mass is 453 g/mol. The number of fused-ring (bicyclic) bond motifs is 1. The molecule has 0 saturated carbocycles. The predicted octanol–water partition coefficient (Wildman–Crippen LogP) is 4.48. The van der Waals surface area contributed by atoms with Crippen LogP contribution in [0.1, 0.15) is 24.2 Å². The Morgan fingerprint density at radius 1 is 1.00 bits per heavy atom. The van der Waals surface area contributed by atoms with E-state index in [1.807, 2.05) is 72.2 Å². The number of aromatic amines is 1. The number of carbonyl (C=O) groups is 1. The summed E-state index contributed by atoms with van der Waals surface area (Å²) in [6, 6.07) is 21.5. The lowest BCUT2D eigenvalue weighted by molar-refractivity contribution is 0.0528. The van der Waals surface area contributed by atoms with Gasteiger partial charge >= 0.3 is 5.97 Å². The summed E-state index contributed by atoms with van der Waals surface area (Å²) in [6.07, 6.45) is 0. The van der Waals surface area contributed by atoms with Gasteiger partial charge in [-0.2, -0.15) is 5.21 Å². The van der Waals surface area contributed by atoms with Crippen molar-refractivity contribution in [1.29, 1.82) is 0 Å². The Balaban J connectivity index is 1.63. The van der Waals surface area contributed by atoms with Crippen LogP contribution in [0.15, 0.2) is 66.7 Å². The molecule has 0 saturated heterocycles. The van der Waals surface area contributed by atoms with Crippen LogP contribution in [-0.4, -0.2) is 49.3 Å². The zero-order valence-electron chi connectivity index (χ0n) is 18.8. The molecule has 0 amide bonds. The molecule has 0 atom stereocenters. The molecule has 3 aromatic carbocycles. The summed E-state index contributed by atoms with van der Waals surface area (Å²) < 4.78 is 7.26. The molecule has 0 aliphatic rings. The number of hydrogen-bond donors (Lipinski definition) is 2. The first-order valence-electron chi connectivity index (χ1n) is 11.1. The van der Waals surface area contributed by atoms with E-state index in [0.717, 1.165) is 22.4 Å². The second-order valence-corrected chi connectivity index (χ2v) is 7.52. The normalized spacial score (nSPS) is 11.0. The van der Waals surface area contributed by atoms with Gasteiger partial charge in [0.2, 0.25) is 11.8 Å². The average Bonchev–Trinajstić information content (AvgIpc) is 3.53. The SMILES string of the molecule is CCNc1nc2cccc(C(=O)OCC)c2n1-c1ccc(-c2ccccc2-c2nn[nH]n2)cc1. The first-order chi connectivity index (χ1) is 16.7. The topological polar surface area (TPSA) is 111 Å². The maximum absolute atomic E-state index is 12.7. The van der Waals surface area contributed by atoms with Crippen LogP contribution >= 0.6 is 0 Å². The third kappa shape index (κ3) is 3.77. The largest absolute Gasteiger partial charge is 0.462 e. The van der Waals surface area contributed by atoms with Crippen molar-refractivity contribution in [3.63, 3.8) is 0 Å². The Labute approximate surface area is 195 Å². The van der Waals surface area contributed by atoms with Crippen molar-refractivity contribution >= 4 is 23.0 Å². The Morgan fingerprint density at radius 3 is 2.50 bits per heavy atom. The lowest BCUT2D eigenvalue weighted by Crippen LogP contribution is -2.09. The predicted molar refractivity (Wildman–Crippen MR) is 130 cm³/mol. The fourth-order valence-corrected chi connectivity index (χ4v) is 4.02. The number of tetrazole rings is 1. The average molecular weight is 454 g/mol. The molecule has 2 heterocycles. The molecule has 9 heteroatoms. The van der Waals surface area contributed by atoms with Gasteiger partial charge in [-0.25, -0.2) is 9.78 Å². The number of aromatic nitrogens is 6. The third-order valence-corrected chi connectivity index (χ3v) is 5.46. The Kier molecular flexibility index (Phi) is 5.73. The van der Waals surface area contributed by atoms with Crippen molar-refractivity contribution < 1.29 is 9.53 Å². The lowest BCUT2D eigenvalue weighted by Gasteiger charge is -2.13. The van der Waals surface area contributed by atoms with Crippen LogP contribution in [0.4, 0.5) is 5.95 Å². The number of hydrogen-bond acceptors (Lipinski definition) is 7. The third-order valence-electron chi connectivity index (χ3n) is 5.46. The van der Waals surface area contributed by atoms with Crippen LogP contribution < -0.4 is 5.32 Å². The highest BCUT2D eigenvalue weighted by atomic mass is 16.5. The number of H-pyrrole nitrogens is 1. The van der Waals surface area contributed by atoms with Crippen molar-refractivity contribution in [2.24, 2.45) is 0 Å². The molecule has 170 valence electrons. The molecule has 0 bridgehead atoms. The number of ether oxygens (including phenoxy) is 1. The summed E-state index contributed by atoms with van der Waals surface area (Å²) in [4.78, 5) is 17.4. The molecule has 2 aromatic heterocycles. The Morgan fingerprint density at radius 2 is 1.79 bits per heavy atom. The molecular formula is C25H23N7O2. The van der Waals surface area contributed by atoms with Gasteiger partial charge in [0.15, 0.2) is 0 Å². The van der Waals surface area contributed by atoms with Gasteiger partial charge in [-0.1, -0.05) is 42.5 Å². The van der Waals surface area contributed by atoms with Crippen molar-refractivity contribution in [3.8, 4) is 28.2 Å². The molecule has 9 nitrogen and oxygen atoms in total. The number of carbonyl (C=O) groups excluding carboxylic acids is 1. The van der Waals surface area contributed by atoms with E-state index >= 15 is 0 Å². The van der Waals surface area contributed by atoms with Gasteiger partial charge in [-0.05, 0) is 54.5 Å². The minimum Gasteiger partial charge on any atom is -0.462 e. The maximum atomic E-state index is 12.7. The molecule has 0 fully saturated rings. The van der Waals surface area contributed by atoms with E-state index in [0.29, 0.717) is 41.5 Å². The van der Waals surface area contributed by atoms with E-state index < -0.39 is 0 Å². The van der Waals surface area contributed by atoms with Crippen LogP contribution in [0.25, 0.3) is 39.2 Å². The first kappa shape index (κ1) is 21.3. The van der Waals surface area contributed by atoms with E-state index in [1.54, 1.807) is 13.0 Å². The van der Waals surface area contributed by atoms with Crippen LogP contribution in [0.2, 0.25) is 0 Å². The quantitative estimate of drug-likeness (QED) is 0.350. The van der Waals surface area contributed by atoms with Crippen LogP contribution in [0, 0.1) is 0 Å². The molecule has 0 radical (unpaired) electrons. The fraction of sp³-hybridized carbons (Fsp3) is 0.160. The number of anilines is 1. The highest BCUT2D eigenvalue weighted by molar-refractivity contribution is 6.03. The Hall–Kier alpha value is -4.53. The van der Waals surface area contributed by atoms with Gasteiger partial charge in [0.05, 0.1) is 23.2 Å². The summed E-state index contributed by atoms with van der Waals surface area (Å²) in [5.41, 5.74) is 5.65. The molecule has 5 aromatic rings. The van der Waals surface area contributed by atoms with Crippen LogP contribution in [-0.2, 0) is 4.74 Å². The summed E-state index contributed by atoms with van der Waals surface area (Å²) in [6.45, 7) is 4.80. The van der Waals surface area contributed by atoms with Crippen molar-refractivity contribution in [2.75, 3.05) is 18.5 Å². The Bertz CT molecular complexity index is 1440. The number of para-hydroxylation sites is 1. The summed E-state index contributed by atoms with van der Waals surface area (Å²) in [5, 5.41) is 17.8. The molecule has 0 spiro atoms. The van der Waals surface area contributed by atoms with Crippen molar-refractivity contribution in [3.05, 3.63) is 72.3 Å². The highest BCUT2D eigenvalue weighted by Crippen LogP contribution is 2.32. The van der Waals surface area contributed by atoms with Gasteiger partial charge in [0.1, 0.15) is 0 Å². The first-order valence-corrected chi connectivity index (χ1v) is 11.1. The second kappa shape index (κ2) is 9.14. The van der Waals surface area contributed by atoms with Gasteiger partial charge in [-0.3, -0.25) is 4.57 Å². The molecule has 0 aliphatic heterocycles. The summed E-state index contributed by atoms with van der Waals surface area (Å²) >= 11 is 0. The number of imidazole rings is 1. The molecular weight excluding hydrogens is 430 g/mol. The molecule has 5 rings (SSSR count). The highest BCUT2D eigenvalue weighted by Gasteiger charge is 2.20. The van der Waals surface area contributed by atoms with E-state index in [-0.39, 0.29) is 5.97 Å². The number of rotatable bonds is 7. The zero-order valence-corrected chi connectivity index (χ0v) is 18.8. The van der Waals surface area contributed by atoms with Crippen LogP contribution in [0.5, 0.6) is 0 Å². The number of nitrogens with zero attached hydrogens (tertiary/aromatic N) is 5. The zero-order chi connectivity index (χ0) is 23.5. The van der Waals surface area contributed by atoms with Crippen molar-refractivity contribution in [2.45, 2.75) is 13.8 Å². The van der Waals surface area contributed by atoms with Crippen molar-refractivity contribution in [1.82, 2.24) is 30.2 Å². The minimum absolute atomic E-state index is 0.303. The summed E-state index contributed by atoms with van der Waals surface area (Å²) in [7, 11) is 0. The minimum atomic E-state index is -0.372. The maximum Gasteiger partial charge on any atom is 0.340 e. The van der Waals surface area contributed by atoms with E-state index in [1.165, 1.54) is 0 Å². The lowest BCUT2D eigenvalue weighted by atomic mass is 9.99. The fourth-order valence-electron chi connectivity index (χ4n) is 4.02. The molecule has 34 heavy (non-hydrogen) atoms. The van der Waals surface area contributed by atoms with Gasteiger partial charge in [0, 0.05) is 17.8 Å². The number of esters is 1. The van der Waals surface area contributed by atoms with E-state index in [2.05, 4.69) is 25.9 Å². The standard InChI is InChI=1S/C25H23N7O2/c1-3-26-25-27-21-11-7-10-20(24(33)34-4-2)22(21)32(25)17-14-12-16(13-15-17)18-8-5-6-9-19(18)23-28-30-31-29-23/h5-15H,3-4H2,1-2H3,(H,26,27)(H,28,29,30,31). The smallest absolute Gasteiger partial charge is 0.340 e. The molecule has 2 N–H and O–H groups in total. The molecule has 0 aliphatic carbocycles. The summed E-state index contributed by atoms with van der Waals surface area (Å²) in [5.74, 6) is 0.825. The number of nitrogens with one attached hydrogen (secondary N) is 2. The van der Waals surface area contributed by atoms with Gasteiger partial charge < -0.3 is 10.1 Å². The van der Waals surface area contributed by atoms with E-state index in [4.69, 9.17) is 9.72 Å². The molecule has 0 unspecified atom stereocenters. The second-order valence-electron chi connectivity index (χ2n) is 7.52. The van der Waals surface area contributed by atoms with Gasteiger partial charge in [0.25, 0.3) is 0 Å².